The average Bonchev–Trinajstić information content (AvgIpc) is 3.11. The average molecular weight is 741 g/mol. The number of rotatable bonds is 24. The minimum atomic E-state index is -1.13. The first-order chi connectivity index (χ1) is 24.8. The Kier molecular flexibility index (Phi) is 20.1. The maximum absolute atomic E-state index is 13.8. The van der Waals surface area contributed by atoms with Crippen LogP contribution in [0.1, 0.15) is 57.1 Å². The fourth-order valence-electron chi connectivity index (χ4n) is 5.34. The first kappa shape index (κ1) is 43.7. The molecule has 0 fully saturated rings. The van der Waals surface area contributed by atoms with Gasteiger partial charge in [0.2, 0.25) is 35.4 Å². The van der Waals surface area contributed by atoms with Crippen LogP contribution >= 0.6 is 11.8 Å². The highest BCUT2D eigenvalue weighted by molar-refractivity contribution is 7.98. The standard InChI is InChI=1S/C37H56N8O6S/c1-24(2)20-29(36(50)43-28(33(40)47)17-19-52-3)42-32(46)23-41-35(49)30(21-25-12-6-4-7-13-25)45-37(51)31(22-26-14-8-5-9-15-26)44-34(48)27(39)16-10-11-18-38/h4-9,12-15,24,27-31H,10-11,16-23,38-39H2,1-3H3,(H2,40,47)(H,41,49)(H,42,46)(H,43,50)(H,44,48)(H,45,51)/t27-,28-,29-,30-,31-/m0/s1. The first-order valence-electron chi connectivity index (χ1n) is 17.6. The second-order valence-corrected chi connectivity index (χ2v) is 14.1. The van der Waals surface area contributed by atoms with Gasteiger partial charge in [0.15, 0.2) is 0 Å². The molecule has 0 radical (unpaired) electrons. The van der Waals surface area contributed by atoms with E-state index in [9.17, 15) is 28.8 Å². The molecule has 6 amide bonds. The van der Waals surface area contributed by atoms with Gasteiger partial charge in [0.25, 0.3) is 0 Å². The van der Waals surface area contributed by atoms with Crippen molar-refractivity contribution in [2.45, 2.75) is 89.0 Å². The largest absolute Gasteiger partial charge is 0.368 e. The summed E-state index contributed by atoms with van der Waals surface area (Å²) in [5.74, 6) is -3.01. The Morgan fingerprint density at radius 1 is 0.673 bits per heavy atom. The van der Waals surface area contributed by atoms with Gasteiger partial charge >= 0.3 is 0 Å². The molecule has 52 heavy (non-hydrogen) atoms. The zero-order valence-electron chi connectivity index (χ0n) is 30.4. The zero-order chi connectivity index (χ0) is 38.5. The van der Waals surface area contributed by atoms with Gasteiger partial charge in [0.05, 0.1) is 12.6 Å². The maximum Gasteiger partial charge on any atom is 0.243 e. The van der Waals surface area contributed by atoms with Crippen molar-refractivity contribution in [3.05, 3.63) is 71.8 Å². The molecule has 14 nitrogen and oxygen atoms in total. The fraction of sp³-hybridized carbons (Fsp3) is 0.514. The molecule has 0 aromatic heterocycles. The van der Waals surface area contributed by atoms with Gasteiger partial charge in [-0.25, -0.2) is 0 Å². The molecule has 286 valence electrons. The van der Waals surface area contributed by atoms with Crippen molar-refractivity contribution in [2.75, 3.05) is 25.1 Å². The molecule has 0 bridgehead atoms. The Morgan fingerprint density at radius 3 is 1.71 bits per heavy atom. The van der Waals surface area contributed by atoms with Crippen LogP contribution < -0.4 is 43.8 Å². The summed E-state index contributed by atoms with van der Waals surface area (Å²) in [6, 6.07) is 13.2. The molecule has 0 saturated heterocycles. The predicted octanol–water partition coefficient (Wildman–Crippen LogP) is 0.268. The van der Waals surface area contributed by atoms with Crippen molar-refractivity contribution in [1.82, 2.24) is 26.6 Å². The van der Waals surface area contributed by atoms with Crippen LogP contribution in [0.15, 0.2) is 60.7 Å². The monoisotopic (exact) mass is 740 g/mol. The number of nitrogens with one attached hydrogen (secondary N) is 5. The Hall–Kier alpha value is -4.47. The lowest BCUT2D eigenvalue weighted by molar-refractivity contribution is -0.133. The molecule has 2 rings (SSSR count). The van der Waals surface area contributed by atoms with Gasteiger partial charge in [0, 0.05) is 12.8 Å². The van der Waals surface area contributed by atoms with E-state index in [4.69, 9.17) is 17.2 Å². The van der Waals surface area contributed by atoms with Gasteiger partial charge in [-0.05, 0) is 61.3 Å². The Morgan fingerprint density at radius 2 is 1.19 bits per heavy atom. The Balaban J connectivity index is 2.20. The van der Waals surface area contributed by atoms with E-state index in [1.165, 1.54) is 11.8 Å². The highest BCUT2D eigenvalue weighted by atomic mass is 32.2. The minimum absolute atomic E-state index is 0.0131. The number of thioether (sulfide) groups is 1. The third-order valence-electron chi connectivity index (χ3n) is 8.19. The topological polar surface area (TPSA) is 241 Å². The smallest absolute Gasteiger partial charge is 0.243 e. The lowest BCUT2D eigenvalue weighted by Crippen LogP contribution is -2.58. The number of unbranched alkanes of at least 4 members (excludes halogenated alkanes) is 1. The summed E-state index contributed by atoms with van der Waals surface area (Å²) >= 11 is 1.51. The summed E-state index contributed by atoms with van der Waals surface area (Å²) in [5, 5.41) is 13.4. The zero-order valence-corrected chi connectivity index (χ0v) is 31.2. The van der Waals surface area contributed by atoms with Crippen molar-refractivity contribution in [1.29, 1.82) is 0 Å². The van der Waals surface area contributed by atoms with Gasteiger partial charge in [-0.1, -0.05) is 80.9 Å². The van der Waals surface area contributed by atoms with Crippen molar-refractivity contribution in [3.8, 4) is 0 Å². The number of primary amides is 1. The Labute approximate surface area is 310 Å². The lowest BCUT2D eigenvalue weighted by Gasteiger charge is -2.25. The van der Waals surface area contributed by atoms with Gasteiger partial charge in [0.1, 0.15) is 24.2 Å². The van der Waals surface area contributed by atoms with E-state index in [1.807, 2.05) is 56.5 Å². The molecule has 0 spiro atoms. The normalized spacial score (nSPS) is 13.9. The summed E-state index contributed by atoms with van der Waals surface area (Å²) in [7, 11) is 0. The van der Waals surface area contributed by atoms with E-state index in [1.54, 1.807) is 24.3 Å². The van der Waals surface area contributed by atoms with Crippen LogP contribution in [0.5, 0.6) is 0 Å². The summed E-state index contributed by atoms with van der Waals surface area (Å²) in [6.07, 6.45) is 4.48. The van der Waals surface area contributed by atoms with Gasteiger partial charge < -0.3 is 43.8 Å². The van der Waals surface area contributed by atoms with Crippen LogP contribution in [-0.4, -0.2) is 90.8 Å². The molecule has 5 atom stereocenters. The van der Waals surface area contributed by atoms with Crippen LogP contribution in [0.2, 0.25) is 0 Å². The SMILES string of the molecule is CSCC[C@H](NC(=O)[C@H](CC(C)C)NC(=O)CNC(=O)[C@H](Cc1ccccc1)NC(=O)[C@H](Cc1ccccc1)NC(=O)[C@@H](N)CCCCN)C(N)=O. The molecule has 11 N–H and O–H groups in total. The third-order valence-corrected chi connectivity index (χ3v) is 8.83. The number of hydrogen-bond donors (Lipinski definition) is 8. The van der Waals surface area contributed by atoms with Crippen molar-refractivity contribution >= 4 is 47.2 Å². The summed E-state index contributed by atoms with van der Waals surface area (Å²) in [4.78, 5) is 78.6. The van der Waals surface area contributed by atoms with Gasteiger partial charge in [-0.2, -0.15) is 11.8 Å². The molecule has 15 heteroatoms. The second kappa shape index (κ2) is 23.9. The van der Waals surface area contributed by atoms with E-state index < -0.39 is 72.2 Å². The molecule has 0 saturated carbocycles. The predicted molar refractivity (Wildman–Crippen MR) is 204 cm³/mol. The van der Waals surface area contributed by atoms with Crippen LogP contribution in [-0.2, 0) is 41.6 Å². The third kappa shape index (κ3) is 16.7. The van der Waals surface area contributed by atoms with Crippen molar-refractivity contribution < 1.29 is 28.8 Å². The van der Waals surface area contributed by atoms with Gasteiger partial charge in [-0.15, -0.1) is 0 Å². The van der Waals surface area contributed by atoms with Crippen LogP contribution in [0.4, 0.5) is 0 Å². The highest BCUT2D eigenvalue weighted by Gasteiger charge is 2.30. The van der Waals surface area contributed by atoms with Gasteiger partial charge in [-0.3, -0.25) is 28.8 Å². The molecule has 0 heterocycles. The van der Waals surface area contributed by atoms with Crippen molar-refractivity contribution in [3.63, 3.8) is 0 Å². The molecule has 0 aliphatic heterocycles. The lowest BCUT2D eigenvalue weighted by atomic mass is 10.0. The number of carbonyl (C=O) groups excluding carboxylic acids is 6. The summed E-state index contributed by atoms with van der Waals surface area (Å²) < 4.78 is 0. The van der Waals surface area contributed by atoms with E-state index in [0.29, 0.717) is 38.0 Å². The highest BCUT2D eigenvalue weighted by Crippen LogP contribution is 2.10. The maximum atomic E-state index is 13.8. The number of benzene rings is 2. The first-order valence-corrected chi connectivity index (χ1v) is 19.0. The molecular weight excluding hydrogens is 685 g/mol. The van der Waals surface area contributed by atoms with Crippen LogP contribution in [0.25, 0.3) is 0 Å². The summed E-state index contributed by atoms with van der Waals surface area (Å²) in [6.45, 7) is 3.75. The minimum Gasteiger partial charge on any atom is -0.368 e. The fourth-order valence-corrected chi connectivity index (χ4v) is 5.81. The van der Waals surface area contributed by atoms with Crippen molar-refractivity contribution in [2.24, 2.45) is 23.1 Å². The van der Waals surface area contributed by atoms with Crippen LogP contribution in [0.3, 0.4) is 0 Å². The molecule has 0 aliphatic carbocycles. The molecule has 0 aliphatic rings. The van der Waals surface area contributed by atoms with E-state index in [0.717, 1.165) is 11.1 Å². The number of amides is 6. The number of carbonyl (C=O) groups is 6. The molecule has 2 aromatic rings. The van der Waals surface area contributed by atoms with E-state index in [2.05, 4.69) is 26.6 Å². The Bertz CT molecular complexity index is 1430. The summed E-state index contributed by atoms with van der Waals surface area (Å²) in [5.41, 5.74) is 18.7. The number of nitrogens with two attached hydrogens (primary N) is 3. The number of hydrogen-bond acceptors (Lipinski definition) is 9. The van der Waals surface area contributed by atoms with E-state index in [-0.39, 0.29) is 25.2 Å². The molecular formula is C37H56N8O6S. The van der Waals surface area contributed by atoms with Crippen LogP contribution in [0, 0.1) is 5.92 Å². The van der Waals surface area contributed by atoms with E-state index >= 15 is 0 Å². The second-order valence-electron chi connectivity index (χ2n) is 13.1. The molecule has 2 aromatic carbocycles. The quantitative estimate of drug-likeness (QED) is 0.0688. The molecule has 0 unspecified atom stereocenters.